The van der Waals surface area contributed by atoms with E-state index in [1.807, 2.05) is 25.1 Å². The second kappa shape index (κ2) is 5.71. The highest BCUT2D eigenvalue weighted by Gasteiger charge is 2.10. The van der Waals surface area contributed by atoms with E-state index in [1.54, 1.807) is 6.07 Å². The molecule has 0 saturated carbocycles. The number of rotatable bonds is 3. The first kappa shape index (κ1) is 13.4. The summed E-state index contributed by atoms with van der Waals surface area (Å²) < 4.78 is 0. The van der Waals surface area contributed by atoms with Crippen molar-refractivity contribution in [3.05, 3.63) is 58.4 Å². The zero-order chi connectivity index (χ0) is 13.8. The van der Waals surface area contributed by atoms with Crippen LogP contribution in [-0.2, 0) is 6.54 Å². The van der Waals surface area contributed by atoms with Gasteiger partial charge in [-0.3, -0.25) is 9.78 Å². The summed E-state index contributed by atoms with van der Waals surface area (Å²) in [5.74, 6) is -0.228. The molecular weight excluding hydrogens is 262 g/mol. The molecule has 1 aromatic carbocycles. The lowest BCUT2D eigenvalue weighted by Crippen LogP contribution is -2.23. The van der Waals surface area contributed by atoms with Crippen LogP contribution in [0.25, 0.3) is 0 Å². The molecule has 3 N–H and O–H groups in total. The molecule has 1 aromatic heterocycles. The quantitative estimate of drug-likeness (QED) is 0.846. The Balaban J connectivity index is 2.09. The van der Waals surface area contributed by atoms with E-state index >= 15 is 0 Å². The number of hydrogen-bond donors (Lipinski definition) is 2. The fourth-order valence-corrected chi connectivity index (χ4v) is 1.93. The van der Waals surface area contributed by atoms with Crippen LogP contribution in [0.2, 0.25) is 5.02 Å². The molecule has 5 heteroatoms. The van der Waals surface area contributed by atoms with E-state index in [-0.39, 0.29) is 5.91 Å². The van der Waals surface area contributed by atoms with E-state index in [9.17, 15) is 4.79 Å². The first-order chi connectivity index (χ1) is 9.09. The number of anilines is 1. The molecule has 1 heterocycles. The molecule has 0 fully saturated rings. The molecule has 0 aliphatic heterocycles. The summed E-state index contributed by atoms with van der Waals surface area (Å²) in [6.45, 7) is 2.34. The van der Waals surface area contributed by atoms with Gasteiger partial charge in [0.05, 0.1) is 10.6 Å². The van der Waals surface area contributed by atoms with Crippen molar-refractivity contribution in [3.63, 3.8) is 0 Å². The number of nitrogens with two attached hydrogens (primary N) is 1. The number of benzene rings is 1. The van der Waals surface area contributed by atoms with Crippen LogP contribution in [0.5, 0.6) is 0 Å². The number of halogens is 1. The standard InChI is InChI=1S/C14H14ClN3O/c1-9-10(3-2-4-13(9)16)7-18-14(19)11-5-6-17-8-12(11)15/h2-6,8H,7,16H2,1H3,(H,18,19). The van der Waals surface area contributed by atoms with E-state index < -0.39 is 0 Å². The van der Waals surface area contributed by atoms with Gasteiger partial charge in [0, 0.05) is 24.6 Å². The second-order valence-electron chi connectivity index (χ2n) is 4.17. The number of carbonyl (C=O) groups is 1. The maximum Gasteiger partial charge on any atom is 0.253 e. The Morgan fingerprint density at radius 2 is 2.21 bits per heavy atom. The number of aromatic nitrogens is 1. The highest BCUT2D eigenvalue weighted by molar-refractivity contribution is 6.33. The number of carbonyl (C=O) groups excluding carboxylic acids is 1. The average Bonchev–Trinajstić information content (AvgIpc) is 2.40. The number of pyridine rings is 1. The molecule has 2 rings (SSSR count). The normalized spacial score (nSPS) is 10.2. The van der Waals surface area contributed by atoms with Gasteiger partial charge >= 0.3 is 0 Å². The third kappa shape index (κ3) is 3.03. The van der Waals surface area contributed by atoms with Crippen molar-refractivity contribution in [2.24, 2.45) is 0 Å². The third-order valence-corrected chi connectivity index (χ3v) is 3.25. The summed E-state index contributed by atoms with van der Waals surface area (Å²) in [6.07, 6.45) is 2.98. The topological polar surface area (TPSA) is 68.0 Å². The molecule has 2 aromatic rings. The van der Waals surface area contributed by atoms with Crippen molar-refractivity contribution in [2.45, 2.75) is 13.5 Å². The first-order valence-electron chi connectivity index (χ1n) is 5.81. The van der Waals surface area contributed by atoms with Gasteiger partial charge in [0.1, 0.15) is 0 Å². The zero-order valence-corrected chi connectivity index (χ0v) is 11.2. The maximum absolute atomic E-state index is 12.0. The maximum atomic E-state index is 12.0. The van der Waals surface area contributed by atoms with E-state index in [4.69, 9.17) is 17.3 Å². The van der Waals surface area contributed by atoms with Crippen LogP contribution in [-0.4, -0.2) is 10.9 Å². The smallest absolute Gasteiger partial charge is 0.253 e. The van der Waals surface area contributed by atoms with Gasteiger partial charge in [0.15, 0.2) is 0 Å². The van der Waals surface area contributed by atoms with Crippen molar-refractivity contribution in [3.8, 4) is 0 Å². The van der Waals surface area contributed by atoms with Gasteiger partial charge < -0.3 is 11.1 Å². The zero-order valence-electron chi connectivity index (χ0n) is 10.5. The van der Waals surface area contributed by atoms with Crippen LogP contribution in [0.1, 0.15) is 21.5 Å². The van der Waals surface area contributed by atoms with Gasteiger partial charge in [-0.1, -0.05) is 23.7 Å². The van der Waals surface area contributed by atoms with Crippen molar-refractivity contribution in [1.82, 2.24) is 10.3 Å². The minimum Gasteiger partial charge on any atom is -0.399 e. The third-order valence-electron chi connectivity index (χ3n) is 2.94. The van der Waals surface area contributed by atoms with E-state index in [0.717, 1.165) is 11.1 Å². The summed E-state index contributed by atoms with van der Waals surface area (Å²) in [5, 5.41) is 3.15. The molecule has 0 radical (unpaired) electrons. The molecule has 19 heavy (non-hydrogen) atoms. The van der Waals surface area contributed by atoms with Crippen LogP contribution >= 0.6 is 11.6 Å². The number of nitrogen functional groups attached to an aromatic ring is 1. The number of amides is 1. The Bertz CT molecular complexity index is 613. The second-order valence-corrected chi connectivity index (χ2v) is 4.58. The lowest BCUT2D eigenvalue weighted by molar-refractivity contribution is 0.0951. The molecular formula is C14H14ClN3O. The summed E-state index contributed by atoms with van der Waals surface area (Å²) in [4.78, 5) is 15.8. The predicted octanol–water partition coefficient (Wildman–Crippen LogP) is 2.56. The highest BCUT2D eigenvalue weighted by Crippen LogP contribution is 2.16. The van der Waals surface area contributed by atoms with Gasteiger partial charge in [-0.25, -0.2) is 0 Å². The largest absolute Gasteiger partial charge is 0.399 e. The molecule has 98 valence electrons. The Hall–Kier alpha value is -2.07. The molecule has 4 nitrogen and oxygen atoms in total. The molecule has 0 aliphatic rings. The SMILES string of the molecule is Cc1c(N)cccc1CNC(=O)c1ccncc1Cl. The predicted molar refractivity (Wildman–Crippen MR) is 76.0 cm³/mol. The molecule has 0 saturated heterocycles. The first-order valence-corrected chi connectivity index (χ1v) is 6.19. The van der Waals surface area contributed by atoms with Crippen molar-refractivity contribution < 1.29 is 4.79 Å². The molecule has 0 aliphatic carbocycles. The van der Waals surface area contributed by atoms with Gasteiger partial charge in [-0.15, -0.1) is 0 Å². The summed E-state index contributed by atoms with van der Waals surface area (Å²) in [7, 11) is 0. The van der Waals surface area contributed by atoms with Gasteiger partial charge in [0.2, 0.25) is 0 Å². The fraction of sp³-hybridized carbons (Fsp3) is 0.143. The van der Waals surface area contributed by atoms with Gasteiger partial charge in [-0.05, 0) is 30.2 Å². The van der Waals surface area contributed by atoms with E-state index in [0.29, 0.717) is 22.8 Å². The van der Waals surface area contributed by atoms with Crippen molar-refractivity contribution in [1.29, 1.82) is 0 Å². The molecule has 0 unspecified atom stereocenters. The average molecular weight is 276 g/mol. The van der Waals surface area contributed by atoms with Gasteiger partial charge in [-0.2, -0.15) is 0 Å². The van der Waals surface area contributed by atoms with Crippen molar-refractivity contribution in [2.75, 3.05) is 5.73 Å². The Labute approximate surface area is 116 Å². The van der Waals surface area contributed by atoms with Crippen LogP contribution in [0.3, 0.4) is 0 Å². The number of nitrogens with zero attached hydrogens (tertiary/aromatic N) is 1. The van der Waals surface area contributed by atoms with E-state index in [1.165, 1.54) is 12.4 Å². The Kier molecular flexibility index (Phi) is 4.02. The fourth-order valence-electron chi connectivity index (χ4n) is 1.72. The highest BCUT2D eigenvalue weighted by atomic mass is 35.5. The minimum atomic E-state index is -0.228. The molecule has 1 amide bonds. The summed E-state index contributed by atoms with van der Waals surface area (Å²) in [5.41, 5.74) is 8.91. The van der Waals surface area contributed by atoms with Crippen molar-refractivity contribution >= 4 is 23.2 Å². The Morgan fingerprint density at radius 3 is 2.95 bits per heavy atom. The minimum absolute atomic E-state index is 0.228. The Morgan fingerprint density at radius 1 is 1.42 bits per heavy atom. The molecule has 0 spiro atoms. The monoisotopic (exact) mass is 275 g/mol. The van der Waals surface area contributed by atoms with Crippen LogP contribution in [0.15, 0.2) is 36.7 Å². The van der Waals surface area contributed by atoms with Crippen LogP contribution < -0.4 is 11.1 Å². The summed E-state index contributed by atoms with van der Waals surface area (Å²) >= 11 is 5.91. The lowest BCUT2D eigenvalue weighted by Gasteiger charge is -2.10. The summed E-state index contributed by atoms with van der Waals surface area (Å²) in [6, 6.07) is 7.22. The van der Waals surface area contributed by atoms with Crippen LogP contribution in [0.4, 0.5) is 5.69 Å². The van der Waals surface area contributed by atoms with Gasteiger partial charge in [0.25, 0.3) is 5.91 Å². The van der Waals surface area contributed by atoms with E-state index in [2.05, 4.69) is 10.3 Å². The van der Waals surface area contributed by atoms with Crippen LogP contribution in [0, 0.1) is 6.92 Å². The number of nitrogens with one attached hydrogen (secondary N) is 1. The number of hydrogen-bond acceptors (Lipinski definition) is 3. The molecule has 0 atom stereocenters. The lowest BCUT2D eigenvalue weighted by atomic mass is 10.1. The molecule has 0 bridgehead atoms.